The average molecular weight is 316 g/mol. The van der Waals surface area contributed by atoms with Crippen molar-refractivity contribution >= 4 is 54.0 Å². The first-order valence-electron chi connectivity index (χ1n) is 0. The van der Waals surface area contributed by atoms with Gasteiger partial charge in [-0.15, -0.1) is 0 Å². The summed E-state index contributed by atoms with van der Waals surface area (Å²) in [4.78, 5) is 0. The Hall–Kier alpha value is 2.09. The standard InChI is InChI=1S/4H2S.W/h4*1H2;/p-4. The summed E-state index contributed by atoms with van der Waals surface area (Å²) in [6.45, 7) is 0. The molecule has 0 heterocycles. The molecule has 0 aromatic heterocycles. The molecule has 0 radical (unpaired) electrons. The molecule has 0 aliphatic heterocycles. The van der Waals surface area contributed by atoms with Gasteiger partial charge in [0.25, 0.3) is 0 Å². The smallest absolute Gasteiger partial charge is 0 e. The summed E-state index contributed by atoms with van der Waals surface area (Å²) in [6, 6.07) is 0. The summed E-state index contributed by atoms with van der Waals surface area (Å²) >= 11 is 0. The molecule has 0 nitrogen and oxygen atoms in total. The molecule has 0 fully saturated rings. The van der Waals surface area contributed by atoms with Crippen molar-refractivity contribution in [2.75, 3.05) is 0 Å². The maximum Gasteiger partial charge on any atom is 0 e. The zero-order chi connectivity index (χ0) is 0. The second-order valence-electron chi connectivity index (χ2n) is 0. The van der Waals surface area contributed by atoms with Crippen LogP contribution in [0.3, 0.4) is 0 Å². The van der Waals surface area contributed by atoms with E-state index in [1.807, 2.05) is 0 Å². The van der Waals surface area contributed by atoms with Gasteiger partial charge in [0.1, 0.15) is 0 Å². The van der Waals surface area contributed by atoms with Gasteiger partial charge in [0.15, 0.2) is 0 Å². The number of hydrogen-bond acceptors (Lipinski definition) is 4. The molecular weight excluding hydrogens is 312 g/mol. The van der Waals surface area contributed by atoms with Crippen molar-refractivity contribution in [2.45, 2.75) is 0 Å². The van der Waals surface area contributed by atoms with Gasteiger partial charge in [-0.1, -0.05) is 0 Å². The normalized spacial score (nSPS) is 0. The van der Waals surface area contributed by atoms with Gasteiger partial charge in [-0.2, -0.15) is 0 Å². The second kappa shape index (κ2) is 36.1. The molecule has 0 aliphatic rings. The molecule has 0 unspecified atom stereocenters. The monoisotopic (exact) mass is 316 g/mol. The molecule has 0 spiro atoms. The fraction of sp³-hybridized carbons (Fsp3) is 0. The minimum absolute atomic E-state index is 0. The van der Waals surface area contributed by atoms with Crippen LogP contribution >= 0.6 is 0 Å². The van der Waals surface area contributed by atoms with E-state index in [-0.39, 0.29) is 75.0 Å². The molecule has 0 saturated carbocycles. The minimum Gasteiger partial charge on any atom is -0.813 e. The van der Waals surface area contributed by atoms with E-state index in [0.29, 0.717) is 0 Å². The Balaban J connectivity index is 0. The first-order valence-corrected chi connectivity index (χ1v) is 0. The van der Waals surface area contributed by atoms with Crippen LogP contribution < -0.4 is 0 Å². The van der Waals surface area contributed by atoms with E-state index in [0.717, 1.165) is 0 Å². The molecule has 0 saturated heterocycles. The molecule has 0 bridgehead atoms. The third-order valence-electron chi connectivity index (χ3n) is 0. The SMILES string of the molecule is [SH-].[SH-].[SH-].[SH-].[W]. The van der Waals surface area contributed by atoms with Crippen molar-refractivity contribution in [3.63, 3.8) is 0 Å². The fourth-order valence-corrected chi connectivity index (χ4v) is 0. The maximum atomic E-state index is 0. The van der Waals surface area contributed by atoms with Crippen LogP contribution in [0.4, 0.5) is 0 Å². The van der Waals surface area contributed by atoms with E-state index in [1.165, 1.54) is 0 Å². The van der Waals surface area contributed by atoms with Crippen LogP contribution in [-0.2, 0) is 75.0 Å². The van der Waals surface area contributed by atoms with E-state index in [2.05, 4.69) is 0 Å². The molecule has 0 aliphatic carbocycles. The third kappa shape index (κ3) is 23.3. The molecule has 38 valence electrons. The van der Waals surface area contributed by atoms with Gasteiger partial charge in [0.05, 0.1) is 0 Å². The summed E-state index contributed by atoms with van der Waals surface area (Å²) < 4.78 is 0. The zero-order valence-corrected chi connectivity index (χ0v) is 8.71. The fourth-order valence-electron chi connectivity index (χ4n) is 0. The van der Waals surface area contributed by atoms with Gasteiger partial charge in [-0.3, -0.25) is 0 Å². The summed E-state index contributed by atoms with van der Waals surface area (Å²) in [5.41, 5.74) is 0. The van der Waals surface area contributed by atoms with Gasteiger partial charge in [-0.05, 0) is 0 Å². The topological polar surface area (TPSA) is 0 Å². The van der Waals surface area contributed by atoms with E-state index >= 15 is 0 Å². The summed E-state index contributed by atoms with van der Waals surface area (Å²) in [7, 11) is 0. The summed E-state index contributed by atoms with van der Waals surface area (Å²) in [6.07, 6.45) is 0. The Morgan fingerprint density at radius 1 is 0.400 bits per heavy atom. The van der Waals surface area contributed by atoms with E-state index in [1.54, 1.807) is 0 Å². The quantitative estimate of drug-likeness (QED) is 0.412. The number of rotatable bonds is 0. The Kier molecular flexibility index (Phi) is 436. The van der Waals surface area contributed by atoms with Crippen LogP contribution in [0.25, 0.3) is 0 Å². The van der Waals surface area contributed by atoms with Gasteiger partial charge in [0.2, 0.25) is 0 Å². The number of hydrogen-bond donors (Lipinski definition) is 0. The Morgan fingerprint density at radius 2 is 0.400 bits per heavy atom. The molecular formula is H4S4W-4. The minimum atomic E-state index is 0. The van der Waals surface area contributed by atoms with Gasteiger partial charge >= 0.3 is 0 Å². The largest absolute Gasteiger partial charge is 0.813 e. The van der Waals surface area contributed by atoms with E-state index in [9.17, 15) is 0 Å². The van der Waals surface area contributed by atoms with Crippen LogP contribution in [-0.4, -0.2) is 0 Å². The Labute approximate surface area is 74.5 Å². The molecule has 0 amide bonds. The predicted octanol–water partition coefficient (Wildman–Crippen LogP) is -1.08. The van der Waals surface area contributed by atoms with Crippen LogP contribution in [0.2, 0.25) is 0 Å². The van der Waals surface area contributed by atoms with Crippen molar-refractivity contribution in [3.8, 4) is 0 Å². The molecule has 0 aromatic rings. The predicted molar refractivity (Wildman–Crippen MR) is 35.0 cm³/mol. The molecule has 5 heavy (non-hydrogen) atoms. The summed E-state index contributed by atoms with van der Waals surface area (Å²) in [5.74, 6) is 0. The molecule has 0 N–H and O–H groups in total. The van der Waals surface area contributed by atoms with Crippen molar-refractivity contribution < 1.29 is 21.1 Å². The summed E-state index contributed by atoms with van der Waals surface area (Å²) in [5, 5.41) is 0. The van der Waals surface area contributed by atoms with Gasteiger partial charge in [-0.25, -0.2) is 0 Å². The van der Waals surface area contributed by atoms with Crippen molar-refractivity contribution in [1.82, 2.24) is 0 Å². The van der Waals surface area contributed by atoms with Crippen LogP contribution in [0.1, 0.15) is 0 Å². The first-order chi connectivity index (χ1) is 0. The van der Waals surface area contributed by atoms with Crippen molar-refractivity contribution in [3.05, 3.63) is 0 Å². The third-order valence-corrected chi connectivity index (χ3v) is 0. The zero-order valence-electron chi connectivity index (χ0n) is 2.20. The molecule has 5 heteroatoms. The average Bonchev–Trinajstić information content (AvgIpc) is 0. The van der Waals surface area contributed by atoms with E-state index < -0.39 is 0 Å². The second-order valence-corrected chi connectivity index (χ2v) is 0. The first kappa shape index (κ1) is 60.2. The van der Waals surface area contributed by atoms with Crippen LogP contribution in [0.15, 0.2) is 0 Å². The number of thiol groups is 4. The Morgan fingerprint density at radius 3 is 0.400 bits per heavy atom. The maximum absolute atomic E-state index is 0. The van der Waals surface area contributed by atoms with Gasteiger partial charge < -0.3 is 54.0 Å². The van der Waals surface area contributed by atoms with Crippen molar-refractivity contribution in [1.29, 1.82) is 0 Å². The van der Waals surface area contributed by atoms with Crippen LogP contribution in [0.5, 0.6) is 0 Å². The van der Waals surface area contributed by atoms with Crippen LogP contribution in [0, 0.1) is 0 Å². The van der Waals surface area contributed by atoms with Gasteiger partial charge in [0, 0.05) is 21.1 Å². The molecule has 0 atom stereocenters. The molecule has 0 rings (SSSR count). The van der Waals surface area contributed by atoms with Crippen molar-refractivity contribution in [2.24, 2.45) is 0 Å². The Bertz CT molecular complexity index is 3.61. The van der Waals surface area contributed by atoms with E-state index in [4.69, 9.17) is 0 Å². The molecule has 0 aromatic carbocycles.